The van der Waals surface area contributed by atoms with E-state index in [0.717, 1.165) is 12.8 Å². The second kappa shape index (κ2) is 6.96. The van der Waals surface area contributed by atoms with Crippen LogP contribution in [0.15, 0.2) is 52.3 Å². The number of hydrogen-bond donors (Lipinski definition) is 1. The molecule has 2 aromatic carbocycles. The van der Waals surface area contributed by atoms with Gasteiger partial charge >= 0.3 is 0 Å². The second-order valence-corrected chi connectivity index (χ2v) is 6.42. The molecule has 0 amide bonds. The smallest absolute Gasteiger partial charge is 0.0151 e. The highest BCUT2D eigenvalue weighted by atomic mass is 32.2. The maximum atomic E-state index is 6.03. The zero-order valence-corrected chi connectivity index (χ0v) is 13.3. The predicted molar refractivity (Wildman–Crippen MR) is 88.5 cm³/mol. The van der Waals surface area contributed by atoms with Crippen LogP contribution in [0.2, 0.25) is 0 Å². The minimum Gasteiger partial charge on any atom is -0.327 e. The van der Waals surface area contributed by atoms with E-state index in [4.69, 9.17) is 5.73 Å². The first kappa shape index (κ1) is 15.1. The Hall–Kier alpha value is -1.25. The molecule has 2 rings (SSSR count). The van der Waals surface area contributed by atoms with Gasteiger partial charge in [0.1, 0.15) is 0 Å². The van der Waals surface area contributed by atoms with Crippen LogP contribution in [-0.4, -0.2) is 6.04 Å². The third kappa shape index (κ3) is 3.87. The third-order valence-corrected chi connectivity index (χ3v) is 4.93. The maximum absolute atomic E-state index is 6.03. The Morgan fingerprint density at radius 2 is 1.70 bits per heavy atom. The first-order valence-electron chi connectivity index (χ1n) is 7.18. The van der Waals surface area contributed by atoms with Crippen LogP contribution in [-0.2, 0) is 6.42 Å². The van der Waals surface area contributed by atoms with E-state index >= 15 is 0 Å². The average molecular weight is 285 g/mol. The number of benzene rings is 2. The van der Waals surface area contributed by atoms with Gasteiger partial charge < -0.3 is 5.73 Å². The largest absolute Gasteiger partial charge is 0.327 e. The van der Waals surface area contributed by atoms with E-state index in [1.54, 1.807) is 0 Å². The summed E-state index contributed by atoms with van der Waals surface area (Å²) in [6, 6.07) is 15.5. The standard InChI is InChI=1S/C18H23NS/c1-4-16(19)12-15-9-10-18(14(3)11-15)20-17-8-6-5-7-13(17)2/h5-11,16H,4,12,19H2,1-3H3. The molecule has 2 heteroatoms. The van der Waals surface area contributed by atoms with Gasteiger partial charge in [0.15, 0.2) is 0 Å². The van der Waals surface area contributed by atoms with Crippen LogP contribution in [0, 0.1) is 13.8 Å². The Morgan fingerprint density at radius 3 is 2.35 bits per heavy atom. The molecule has 20 heavy (non-hydrogen) atoms. The molecular weight excluding hydrogens is 262 g/mol. The summed E-state index contributed by atoms with van der Waals surface area (Å²) in [5, 5.41) is 0. The van der Waals surface area contributed by atoms with Crippen LogP contribution < -0.4 is 5.73 Å². The summed E-state index contributed by atoms with van der Waals surface area (Å²) in [5.41, 5.74) is 10.0. The summed E-state index contributed by atoms with van der Waals surface area (Å²) in [7, 11) is 0. The Morgan fingerprint density at radius 1 is 1.00 bits per heavy atom. The summed E-state index contributed by atoms with van der Waals surface area (Å²) in [4.78, 5) is 2.65. The van der Waals surface area contributed by atoms with Gasteiger partial charge in [0, 0.05) is 15.8 Å². The van der Waals surface area contributed by atoms with E-state index in [1.807, 2.05) is 11.8 Å². The van der Waals surface area contributed by atoms with Crippen LogP contribution in [0.4, 0.5) is 0 Å². The number of nitrogens with two attached hydrogens (primary N) is 1. The van der Waals surface area contributed by atoms with E-state index in [1.165, 1.54) is 26.5 Å². The van der Waals surface area contributed by atoms with Crippen LogP contribution in [0.25, 0.3) is 0 Å². The summed E-state index contributed by atoms with van der Waals surface area (Å²) in [5.74, 6) is 0. The zero-order chi connectivity index (χ0) is 14.5. The van der Waals surface area contributed by atoms with Crippen molar-refractivity contribution < 1.29 is 0 Å². The van der Waals surface area contributed by atoms with Gasteiger partial charge in [-0.25, -0.2) is 0 Å². The van der Waals surface area contributed by atoms with Crippen molar-refractivity contribution in [2.24, 2.45) is 5.73 Å². The van der Waals surface area contributed by atoms with Crippen molar-refractivity contribution in [3.05, 3.63) is 59.2 Å². The third-order valence-electron chi connectivity index (χ3n) is 3.58. The van der Waals surface area contributed by atoms with Gasteiger partial charge in [-0.2, -0.15) is 0 Å². The second-order valence-electron chi connectivity index (χ2n) is 5.34. The van der Waals surface area contributed by atoms with Crippen molar-refractivity contribution in [1.29, 1.82) is 0 Å². The van der Waals surface area contributed by atoms with E-state index in [-0.39, 0.29) is 6.04 Å². The molecule has 0 aliphatic heterocycles. The van der Waals surface area contributed by atoms with E-state index < -0.39 is 0 Å². The molecular formula is C18H23NS. The number of rotatable bonds is 5. The lowest BCUT2D eigenvalue weighted by Crippen LogP contribution is -2.21. The minimum atomic E-state index is 0.268. The molecule has 0 aromatic heterocycles. The van der Waals surface area contributed by atoms with Gasteiger partial charge in [-0.3, -0.25) is 0 Å². The fraction of sp³-hybridized carbons (Fsp3) is 0.333. The normalized spacial score (nSPS) is 12.4. The fourth-order valence-electron chi connectivity index (χ4n) is 2.19. The van der Waals surface area contributed by atoms with Crippen LogP contribution >= 0.6 is 11.8 Å². The van der Waals surface area contributed by atoms with Gasteiger partial charge in [0.2, 0.25) is 0 Å². The molecule has 0 aliphatic rings. The lowest BCUT2D eigenvalue weighted by molar-refractivity contribution is 0.646. The lowest BCUT2D eigenvalue weighted by atomic mass is 10.0. The van der Waals surface area contributed by atoms with Crippen LogP contribution in [0.1, 0.15) is 30.0 Å². The molecule has 0 fully saturated rings. The monoisotopic (exact) mass is 285 g/mol. The molecule has 1 unspecified atom stereocenters. The number of aryl methyl sites for hydroxylation is 2. The van der Waals surface area contributed by atoms with E-state index in [0.29, 0.717) is 0 Å². The fourth-order valence-corrected chi connectivity index (χ4v) is 3.16. The molecule has 1 atom stereocenters. The van der Waals surface area contributed by atoms with Crippen LogP contribution in [0.5, 0.6) is 0 Å². The summed E-state index contributed by atoms with van der Waals surface area (Å²) >= 11 is 1.84. The maximum Gasteiger partial charge on any atom is 0.0151 e. The number of hydrogen-bond acceptors (Lipinski definition) is 2. The molecule has 2 aromatic rings. The minimum absolute atomic E-state index is 0.268. The molecule has 1 nitrogen and oxygen atoms in total. The molecule has 0 heterocycles. The quantitative estimate of drug-likeness (QED) is 0.859. The average Bonchev–Trinajstić information content (AvgIpc) is 2.44. The van der Waals surface area contributed by atoms with Crippen LogP contribution in [0.3, 0.4) is 0 Å². The molecule has 0 radical (unpaired) electrons. The van der Waals surface area contributed by atoms with Crippen molar-refractivity contribution >= 4 is 11.8 Å². The molecule has 0 spiro atoms. The molecule has 2 N–H and O–H groups in total. The van der Waals surface area contributed by atoms with Crippen molar-refractivity contribution in [1.82, 2.24) is 0 Å². The highest BCUT2D eigenvalue weighted by molar-refractivity contribution is 7.99. The molecule has 0 bridgehead atoms. The highest BCUT2D eigenvalue weighted by Gasteiger charge is 2.06. The Bertz CT molecular complexity index is 577. The molecule has 106 valence electrons. The Labute approximate surface area is 126 Å². The summed E-state index contributed by atoms with van der Waals surface area (Å²) in [6.07, 6.45) is 1.99. The van der Waals surface area contributed by atoms with Gasteiger partial charge in [-0.05, 0) is 55.5 Å². The molecule has 0 saturated heterocycles. The van der Waals surface area contributed by atoms with Crippen molar-refractivity contribution in [2.75, 3.05) is 0 Å². The van der Waals surface area contributed by atoms with Crippen molar-refractivity contribution in [2.45, 2.75) is 49.4 Å². The van der Waals surface area contributed by atoms with Crippen molar-refractivity contribution in [3.63, 3.8) is 0 Å². The Kier molecular flexibility index (Phi) is 5.27. The highest BCUT2D eigenvalue weighted by Crippen LogP contribution is 2.32. The Balaban J connectivity index is 2.16. The zero-order valence-electron chi connectivity index (χ0n) is 12.5. The SMILES string of the molecule is CCC(N)Cc1ccc(Sc2ccccc2C)c(C)c1. The first-order valence-corrected chi connectivity index (χ1v) is 8.00. The molecule has 0 saturated carbocycles. The van der Waals surface area contributed by atoms with Gasteiger partial charge in [0.25, 0.3) is 0 Å². The van der Waals surface area contributed by atoms with Gasteiger partial charge in [-0.15, -0.1) is 0 Å². The molecule has 0 aliphatic carbocycles. The summed E-state index contributed by atoms with van der Waals surface area (Å²) in [6.45, 7) is 6.48. The van der Waals surface area contributed by atoms with Gasteiger partial charge in [0.05, 0.1) is 0 Å². The summed E-state index contributed by atoms with van der Waals surface area (Å²) < 4.78 is 0. The van der Waals surface area contributed by atoms with E-state index in [9.17, 15) is 0 Å². The lowest BCUT2D eigenvalue weighted by Gasteiger charge is -2.12. The predicted octanol–water partition coefficient (Wildman–Crippen LogP) is 4.73. The van der Waals surface area contributed by atoms with E-state index in [2.05, 4.69) is 63.2 Å². The first-order chi connectivity index (χ1) is 9.60. The van der Waals surface area contributed by atoms with Gasteiger partial charge in [-0.1, -0.05) is 49.0 Å². The van der Waals surface area contributed by atoms with Crippen molar-refractivity contribution in [3.8, 4) is 0 Å². The topological polar surface area (TPSA) is 26.0 Å².